The van der Waals surface area contributed by atoms with Gasteiger partial charge in [0.25, 0.3) is 5.91 Å². The van der Waals surface area contributed by atoms with Gasteiger partial charge in [-0.05, 0) is 49.2 Å². The van der Waals surface area contributed by atoms with Crippen LogP contribution in [0.4, 0.5) is 5.69 Å². The van der Waals surface area contributed by atoms with Gasteiger partial charge in [-0.1, -0.05) is 26.0 Å². The van der Waals surface area contributed by atoms with Gasteiger partial charge in [-0.15, -0.1) is 0 Å². The lowest BCUT2D eigenvalue weighted by Crippen LogP contribution is -2.48. The van der Waals surface area contributed by atoms with Gasteiger partial charge in [-0.2, -0.15) is 4.31 Å². The van der Waals surface area contributed by atoms with Crippen LogP contribution >= 0.6 is 0 Å². The summed E-state index contributed by atoms with van der Waals surface area (Å²) >= 11 is 0. The van der Waals surface area contributed by atoms with Crippen LogP contribution in [0.25, 0.3) is 0 Å². The zero-order valence-corrected chi connectivity index (χ0v) is 20.5. The van der Waals surface area contributed by atoms with Crippen LogP contribution in [0.2, 0.25) is 0 Å². The Morgan fingerprint density at radius 3 is 2.24 bits per heavy atom. The average Bonchev–Trinajstić information content (AvgIpc) is 2.82. The van der Waals surface area contributed by atoms with E-state index in [0.717, 1.165) is 11.4 Å². The molecule has 0 bridgehead atoms. The number of piperazine rings is 1. The summed E-state index contributed by atoms with van der Waals surface area (Å²) in [6.45, 7) is 8.19. The molecule has 33 heavy (non-hydrogen) atoms. The van der Waals surface area contributed by atoms with Crippen LogP contribution in [0, 0.1) is 5.92 Å². The van der Waals surface area contributed by atoms with Crippen molar-refractivity contribution >= 4 is 21.6 Å². The summed E-state index contributed by atoms with van der Waals surface area (Å²) in [7, 11) is -1.99. The van der Waals surface area contributed by atoms with Crippen LogP contribution in [-0.2, 0) is 14.8 Å². The van der Waals surface area contributed by atoms with Crippen molar-refractivity contribution < 1.29 is 22.7 Å². The van der Waals surface area contributed by atoms with E-state index in [1.165, 1.54) is 16.4 Å². The van der Waals surface area contributed by atoms with Gasteiger partial charge in [-0.25, -0.2) is 8.42 Å². The second kappa shape index (κ2) is 10.9. The molecule has 0 radical (unpaired) electrons. The minimum atomic E-state index is -3.62. The minimum absolute atomic E-state index is 0.201. The first kappa shape index (κ1) is 24.9. The molecule has 1 saturated heterocycles. The van der Waals surface area contributed by atoms with E-state index in [-0.39, 0.29) is 10.8 Å². The van der Waals surface area contributed by atoms with E-state index in [2.05, 4.69) is 10.2 Å². The Morgan fingerprint density at radius 2 is 1.64 bits per heavy atom. The normalized spacial score (nSPS) is 15.8. The number of carbonyl (C=O) groups is 1. The molecular weight excluding hydrogens is 442 g/mol. The number of methoxy groups -OCH3 is 1. The third kappa shape index (κ3) is 6.17. The number of para-hydroxylation sites is 2. The molecule has 0 unspecified atom stereocenters. The summed E-state index contributed by atoms with van der Waals surface area (Å²) in [4.78, 5) is 14.4. The molecule has 9 heteroatoms. The molecule has 0 saturated carbocycles. The van der Waals surface area contributed by atoms with Crippen molar-refractivity contribution in [1.82, 2.24) is 9.62 Å². The van der Waals surface area contributed by atoms with Gasteiger partial charge >= 0.3 is 0 Å². The van der Waals surface area contributed by atoms with Gasteiger partial charge in [0.05, 0.1) is 17.7 Å². The van der Waals surface area contributed by atoms with Gasteiger partial charge in [0, 0.05) is 32.7 Å². The van der Waals surface area contributed by atoms with Crippen molar-refractivity contribution in [2.45, 2.75) is 31.8 Å². The average molecular weight is 476 g/mol. The molecule has 8 nitrogen and oxygen atoms in total. The van der Waals surface area contributed by atoms with Crippen LogP contribution in [0.15, 0.2) is 53.4 Å². The quantitative estimate of drug-likeness (QED) is 0.600. The van der Waals surface area contributed by atoms with Crippen LogP contribution < -0.4 is 19.7 Å². The number of anilines is 1. The number of hydrogen-bond donors (Lipinski definition) is 1. The summed E-state index contributed by atoms with van der Waals surface area (Å²) in [6, 6.07) is 14.0. The number of nitrogens with zero attached hydrogens (tertiary/aromatic N) is 2. The lowest BCUT2D eigenvalue weighted by molar-refractivity contribution is -0.127. The molecule has 1 amide bonds. The molecule has 2 aromatic carbocycles. The Labute approximate surface area is 196 Å². The molecule has 3 rings (SSSR count). The summed E-state index contributed by atoms with van der Waals surface area (Å²) in [5, 5.41) is 2.82. The summed E-state index contributed by atoms with van der Waals surface area (Å²) in [5.41, 5.74) is 0.963. The van der Waals surface area contributed by atoms with Crippen LogP contribution in [0.1, 0.15) is 20.8 Å². The Kier molecular flexibility index (Phi) is 8.20. The van der Waals surface area contributed by atoms with Crippen LogP contribution in [0.5, 0.6) is 11.5 Å². The number of sulfonamides is 1. The smallest absolute Gasteiger partial charge is 0.260 e. The number of nitrogens with one attached hydrogen (secondary N) is 1. The zero-order valence-electron chi connectivity index (χ0n) is 19.7. The number of amides is 1. The Bertz CT molecular complexity index is 1030. The Balaban J connectivity index is 1.60. The van der Waals surface area contributed by atoms with Gasteiger partial charge in [0.2, 0.25) is 10.0 Å². The lowest BCUT2D eigenvalue weighted by atomic mass is 10.2. The van der Waals surface area contributed by atoms with E-state index in [0.29, 0.717) is 44.4 Å². The summed E-state index contributed by atoms with van der Waals surface area (Å²) < 4.78 is 38.8. The van der Waals surface area contributed by atoms with E-state index >= 15 is 0 Å². The first-order valence-corrected chi connectivity index (χ1v) is 12.6. The highest BCUT2D eigenvalue weighted by atomic mass is 32.2. The summed E-state index contributed by atoms with van der Waals surface area (Å²) in [5.74, 6) is 1.37. The monoisotopic (exact) mass is 475 g/mol. The molecule has 0 aromatic heterocycles. The predicted octanol–water partition coefficient (Wildman–Crippen LogP) is 2.75. The fourth-order valence-corrected chi connectivity index (χ4v) is 5.03. The van der Waals surface area contributed by atoms with Gasteiger partial charge < -0.3 is 19.7 Å². The molecule has 0 spiro atoms. The number of hydrogen-bond acceptors (Lipinski definition) is 6. The lowest BCUT2D eigenvalue weighted by Gasteiger charge is -2.35. The van der Waals surface area contributed by atoms with E-state index in [1.807, 2.05) is 38.1 Å². The molecule has 1 aliphatic heterocycles. The maximum absolute atomic E-state index is 13.1. The largest absolute Gasteiger partial charge is 0.495 e. The molecule has 1 aliphatic rings. The first-order chi connectivity index (χ1) is 15.7. The fourth-order valence-electron chi connectivity index (χ4n) is 3.61. The highest BCUT2D eigenvalue weighted by molar-refractivity contribution is 7.89. The number of ether oxygens (including phenoxy) is 2. The SMILES string of the molecule is COc1ccccc1N1CCN(S(=O)(=O)c2ccc(O[C@@H](C)C(=O)NCC(C)C)cc2)CC1. The van der Waals surface area contributed by atoms with Crippen molar-refractivity contribution in [2.24, 2.45) is 5.92 Å². The van der Waals surface area contributed by atoms with E-state index in [9.17, 15) is 13.2 Å². The van der Waals surface area contributed by atoms with E-state index < -0.39 is 16.1 Å². The maximum Gasteiger partial charge on any atom is 0.260 e. The van der Waals surface area contributed by atoms with Gasteiger partial charge in [0.15, 0.2) is 6.10 Å². The van der Waals surface area contributed by atoms with Gasteiger partial charge in [0.1, 0.15) is 11.5 Å². The number of rotatable bonds is 9. The second-order valence-electron chi connectivity index (χ2n) is 8.43. The Morgan fingerprint density at radius 1 is 1.00 bits per heavy atom. The van der Waals surface area contributed by atoms with Crippen molar-refractivity contribution in [3.05, 3.63) is 48.5 Å². The van der Waals surface area contributed by atoms with Crippen LogP contribution in [-0.4, -0.2) is 64.6 Å². The third-order valence-corrected chi connectivity index (χ3v) is 7.41. The summed E-state index contributed by atoms with van der Waals surface area (Å²) in [6.07, 6.45) is -0.672. The number of benzene rings is 2. The number of carbonyl (C=O) groups excluding carboxylic acids is 1. The Hall–Kier alpha value is -2.78. The van der Waals surface area contributed by atoms with Gasteiger partial charge in [-0.3, -0.25) is 4.79 Å². The molecule has 2 aromatic rings. The van der Waals surface area contributed by atoms with Crippen molar-refractivity contribution in [3.63, 3.8) is 0 Å². The maximum atomic E-state index is 13.1. The van der Waals surface area contributed by atoms with Crippen molar-refractivity contribution in [2.75, 3.05) is 44.7 Å². The zero-order chi connectivity index (χ0) is 24.0. The molecule has 180 valence electrons. The second-order valence-corrected chi connectivity index (χ2v) is 10.4. The highest BCUT2D eigenvalue weighted by Gasteiger charge is 2.29. The highest BCUT2D eigenvalue weighted by Crippen LogP contribution is 2.29. The van der Waals surface area contributed by atoms with E-state index in [4.69, 9.17) is 9.47 Å². The molecule has 1 atom stereocenters. The fraction of sp³-hybridized carbons (Fsp3) is 0.458. The minimum Gasteiger partial charge on any atom is -0.495 e. The topological polar surface area (TPSA) is 88.2 Å². The third-order valence-electron chi connectivity index (χ3n) is 5.49. The van der Waals surface area contributed by atoms with Crippen LogP contribution in [0.3, 0.4) is 0 Å². The van der Waals surface area contributed by atoms with Crippen molar-refractivity contribution in [1.29, 1.82) is 0 Å². The first-order valence-electron chi connectivity index (χ1n) is 11.1. The predicted molar refractivity (Wildman–Crippen MR) is 128 cm³/mol. The molecular formula is C24H33N3O5S. The molecule has 1 N–H and O–H groups in total. The van der Waals surface area contributed by atoms with Crippen molar-refractivity contribution in [3.8, 4) is 11.5 Å². The van der Waals surface area contributed by atoms with E-state index in [1.54, 1.807) is 26.2 Å². The molecule has 1 heterocycles. The molecule has 1 fully saturated rings. The standard InChI is InChI=1S/C24H33N3O5S/c1-18(2)17-25-24(28)19(3)32-20-9-11-21(12-10-20)33(29,30)27-15-13-26(14-16-27)22-7-5-6-8-23(22)31-4/h5-12,18-19H,13-17H2,1-4H3,(H,25,28)/t19-/m0/s1. The molecule has 0 aliphatic carbocycles.